The van der Waals surface area contributed by atoms with Crippen molar-refractivity contribution in [3.8, 4) is 0 Å². The maximum atomic E-state index is 3.88. The van der Waals surface area contributed by atoms with Crippen LogP contribution < -0.4 is 5.32 Å². The molecule has 2 rings (SSSR count). The zero-order valence-corrected chi connectivity index (χ0v) is 14.1. The maximum Gasteiger partial charge on any atom is 0.0488 e. The molecule has 1 atom stereocenters. The van der Waals surface area contributed by atoms with E-state index in [0.29, 0.717) is 6.04 Å². The first kappa shape index (κ1) is 18.4. The van der Waals surface area contributed by atoms with Gasteiger partial charge in [-0.2, -0.15) is 0 Å². The average molecular weight is 374 g/mol. The van der Waals surface area contributed by atoms with Gasteiger partial charge in [0.1, 0.15) is 0 Å². The summed E-state index contributed by atoms with van der Waals surface area (Å²) in [6.45, 7) is 8.33. The minimum atomic E-state index is 0. The van der Waals surface area contributed by atoms with Crippen LogP contribution in [-0.4, -0.2) is 31.1 Å². The van der Waals surface area contributed by atoms with E-state index in [9.17, 15) is 0 Å². The first-order chi connectivity index (χ1) is 7.83. The highest BCUT2D eigenvalue weighted by atomic mass is 79.9. The van der Waals surface area contributed by atoms with Crippen molar-refractivity contribution in [2.75, 3.05) is 26.2 Å². The second-order valence-corrected chi connectivity index (χ2v) is 5.76. The second-order valence-electron chi connectivity index (χ2n) is 3.96. The lowest BCUT2D eigenvalue weighted by molar-refractivity contribution is 0.176. The fourth-order valence-electron chi connectivity index (χ4n) is 2.12. The summed E-state index contributed by atoms with van der Waals surface area (Å²) in [4.78, 5) is 3.98. The van der Waals surface area contributed by atoms with E-state index >= 15 is 0 Å². The van der Waals surface area contributed by atoms with Crippen molar-refractivity contribution in [2.24, 2.45) is 0 Å². The number of hydrogen-bond donors (Lipinski definition) is 1. The molecule has 0 amide bonds. The Morgan fingerprint density at radius 2 is 2.11 bits per heavy atom. The monoisotopic (exact) mass is 372 g/mol. The first-order valence-corrected chi connectivity index (χ1v) is 7.28. The van der Waals surface area contributed by atoms with E-state index in [2.05, 4.69) is 44.2 Å². The molecule has 1 saturated heterocycles. The Labute approximate surface area is 134 Å². The van der Waals surface area contributed by atoms with Gasteiger partial charge in [-0.1, -0.05) is 6.08 Å². The Morgan fingerprint density at radius 1 is 1.44 bits per heavy atom. The van der Waals surface area contributed by atoms with E-state index in [1.54, 1.807) is 0 Å². The fourth-order valence-corrected chi connectivity index (χ4v) is 3.90. The molecule has 6 heteroatoms. The van der Waals surface area contributed by atoms with Gasteiger partial charge < -0.3 is 5.32 Å². The minimum absolute atomic E-state index is 0. The number of hydrogen-bond acceptors (Lipinski definition) is 3. The molecule has 1 aliphatic rings. The van der Waals surface area contributed by atoms with E-state index in [1.165, 1.54) is 9.35 Å². The topological polar surface area (TPSA) is 15.3 Å². The summed E-state index contributed by atoms with van der Waals surface area (Å²) in [5.74, 6) is 0. The highest BCUT2D eigenvalue weighted by Crippen LogP contribution is 2.35. The maximum absolute atomic E-state index is 3.88. The molecule has 0 aliphatic carbocycles. The van der Waals surface area contributed by atoms with E-state index in [1.807, 2.05) is 17.4 Å². The van der Waals surface area contributed by atoms with Crippen LogP contribution in [0.2, 0.25) is 0 Å². The van der Waals surface area contributed by atoms with Crippen LogP contribution in [0.15, 0.2) is 28.6 Å². The molecule has 1 aromatic rings. The van der Waals surface area contributed by atoms with Gasteiger partial charge in [0.25, 0.3) is 0 Å². The Kier molecular flexibility index (Phi) is 9.56. The lowest BCUT2D eigenvalue weighted by Gasteiger charge is -2.34. The third kappa shape index (κ3) is 4.51. The molecule has 0 aromatic carbocycles. The molecule has 0 bridgehead atoms. The number of rotatable bonds is 4. The number of halogens is 3. The Balaban J connectivity index is 0.00000144. The zero-order valence-electron chi connectivity index (χ0n) is 10.1. The van der Waals surface area contributed by atoms with Crippen LogP contribution in [0.1, 0.15) is 17.3 Å². The minimum Gasteiger partial charge on any atom is -0.314 e. The van der Waals surface area contributed by atoms with Crippen molar-refractivity contribution < 1.29 is 0 Å². The molecule has 1 fully saturated rings. The van der Waals surface area contributed by atoms with Crippen LogP contribution in [0.25, 0.3) is 0 Å². The molecule has 0 radical (unpaired) electrons. The first-order valence-electron chi connectivity index (χ1n) is 5.61. The van der Waals surface area contributed by atoms with Crippen LogP contribution in [-0.2, 0) is 0 Å². The third-order valence-electron chi connectivity index (χ3n) is 2.93. The molecule has 2 nitrogen and oxygen atoms in total. The van der Waals surface area contributed by atoms with E-state index < -0.39 is 0 Å². The molecule has 0 saturated carbocycles. The second kappa shape index (κ2) is 9.34. The summed E-state index contributed by atoms with van der Waals surface area (Å²) in [5, 5.41) is 5.55. The van der Waals surface area contributed by atoms with Gasteiger partial charge >= 0.3 is 0 Å². The van der Waals surface area contributed by atoms with Crippen LogP contribution in [0, 0.1) is 0 Å². The largest absolute Gasteiger partial charge is 0.314 e. The molecule has 104 valence electrons. The predicted molar refractivity (Wildman–Crippen MR) is 88.5 cm³/mol. The van der Waals surface area contributed by atoms with Gasteiger partial charge in [-0.15, -0.1) is 42.7 Å². The molecular formula is C12H19BrCl2N2S. The molecule has 2 heterocycles. The molecule has 1 N–H and O–H groups in total. The summed E-state index contributed by atoms with van der Waals surface area (Å²) >= 11 is 5.47. The van der Waals surface area contributed by atoms with Crippen molar-refractivity contribution in [3.05, 3.63) is 33.5 Å². The highest BCUT2D eigenvalue weighted by Gasteiger charge is 2.23. The summed E-state index contributed by atoms with van der Waals surface area (Å²) in [6.07, 6.45) is 3.05. The van der Waals surface area contributed by atoms with Gasteiger partial charge in [0.05, 0.1) is 0 Å². The SMILES string of the molecule is C=CC[C@@H](c1sccc1Br)N1CCNCC1.Cl.Cl. The van der Waals surface area contributed by atoms with Crippen molar-refractivity contribution in [1.82, 2.24) is 10.2 Å². The predicted octanol–water partition coefficient (Wildman–Crippen LogP) is 3.88. The van der Waals surface area contributed by atoms with Gasteiger partial charge in [-0.05, 0) is 33.8 Å². The number of nitrogens with zero attached hydrogens (tertiary/aromatic N) is 1. The van der Waals surface area contributed by atoms with Crippen LogP contribution in [0.5, 0.6) is 0 Å². The van der Waals surface area contributed by atoms with Gasteiger partial charge in [0.2, 0.25) is 0 Å². The van der Waals surface area contributed by atoms with Crippen LogP contribution in [0.4, 0.5) is 0 Å². The van der Waals surface area contributed by atoms with Gasteiger partial charge in [0.15, 0.2) is 0 Å². The van der Waals surface area contributed by atoms with Crippen LogP contribution in [0.3, 0.4) is 0 Å². The third-order valence-corrected chi connectivity index (χ3v) is 4.90. The van der Waals surface area contributed by atoms with Crippen molar-refractivity contribution in [2.45, 2.75) is 12.5 Å². The molecule has 1 aromatic heterocycles. The lowest BCUT2D eigenvalue weighted by Crippen LogP contribution is -2.44. The Morgan fingerprint density at radius 3 is 2.61 bits per heavy atom. The van der Waals surface area contributed by atoms with E-state index in [-0.39, 0.29) is 24.8 Å². The lowest BCUT2D eigenvalue weighted by atomic mass is 10.1. The summed E-state index contributed by atoms with van der Waals surface area (Å²) in [7, 11) is 0. The van der Waals surface area contributed by atoms with Crippen molar-refractivity contribution >= 4 is 52.1 Å². The highest BCUT2D eigenvalue weighted by molar-refractivity contribution is 9.10. The normalized spacial score (nSPS) is 17.4. The number of piperazine rings is 1. The number of thiophene rings is 1. The quantitative estimate of drug-likeness (QED) is 0.805. The molecule has 1 aliphatic heterocycles. The Hall–Kier alpha value is 0.420. The summed E-state index contributed by atoms with van der Waals surface area (Å²) < 4.78 is 1.24. The standard InChI is InChI=1S/C12H17BrN2S.2ClH/c1-2-3-11(12-10(13)4-9-16-12)15-7-5-14-6-8-15;;/h2,4,9,11,14H,1,3,5-8H2;2*1H/t11-;;/m0../s1. The number of nitrogens with one attached hydrogen (secondary N) is 1. The smallest absolute Gasteiger partial charge is 0.0488 e. The van der Waals surface area contributed by atoms with Gasteiger partial charge in [0, 0.05) is 41.6 Å². The molecular weight excluding hydrogens is 355 g/mol. The van der Waals surface area contributed by atoms with E-state index in [4.69, 9.17) is 0 Å². The van der Waals surface area contributed by atoms with Crippen molar-refractivity contribution in [3.63, 3.8) is 0 Å². The average Bonchev–Trinajstić information content (AvgIpc) is 2.73. The summed E-state index contributed by atoms with van der Waals surface area (Å²) in [5.41, 5.74) is 0. The summed E-state index contributed by atoms with van der Waals surface area (Å²) in [6, 6.07) is 2.63. The van der Waals surface area contributed by atoms with E-state index in [0.717, 1.165) is 32.6 Å². The van der Waals surface area contributed by atoms with Crippen molar-refractivity contribution in [1.29, 1.82) is 0 Å². The fraction of sp³-hybridized carbons (Fsp3) is 0.500. The Bertz CT molecular complexity index is 354. The molecule has 18 heavy (non-hydrogen) atoms. The molecule has 0 unspecified atom stereocenters. The van der Waals surface area contributed by atoms with Gasteiger partial charge in [-0.25, -0.2) is 0 Å². The molecule has 0 spiro atoms. The zero-order chi connectivity index (χ0) is 11.4. The van der Waals surface area contributed by atoms with Gasteiger partial charge in [-0.3, -0.25) is 4.90 Å². The van der Waals surface area contributed by atoms with Crippen LogP contribution >= 0.6 is 52.1 Å².